The van der Waals surface area contributed by atoms with Gasteiger partial charge in [0, 0.05) is 33.0 Å². The molecule has 8 nitrogen and oxygen atoms in total. The minimum absolute atomic E-state index is 0.214. The van der Waals surface area contributed by atoms with Crippen molar-refractivity contribution in [1.82, 2.24) is 20.6 Å². The van der Waals surface area contributed by atoms with Crippen molar-refractivity contribution in [3.63, 3.8) is 0 Å². The van der Waals surface area contributed by atoms with Crippen LogP contribution in [0.3, 0.4) is 0 Å². The Labute approximate surface area is 237 Å². The molecule has 0 aliphatic heterocycles. The number of para-hydroxylation sites is 2. The highest BCUT2D eigenvalue weighted by atomic mass is 33.1. The van der Waals surface area contributed by atoms with Crippen LogP contribution >= 0.6 is 21.6 Å². The summed E-state index contributed by atoms with van der Waals surface area (Å²) in [5, 5.41) is 7.45. The third-order valence-electron chi connectivity index (χ3n) is 6.10. The smallest absolute Gasteiger partial charge is 0.253 e. The molecular weight excluding hydrogens is 544 g/mol. The predicted octanol–water partition coefficient (Wildman–Crippen LogP) is 6.63. The molecule has 4 aromatic heterocycles. The van der Waals surface area contributed by atoms with Crippen molar-refractivity contribution < 1.29 is 18.4 Å². The number of pyridine rings is 2. The van der Waals surface area contributed by atoms with E-state index in [4.69, 9.17) is 8.83 Å². The van der Waals surface area contributed by atoms with Crippen LogP contribution in [0.1, 0.15) is 32.2 Å². The molecule has 4 heterocycles. The van der Waals surface area contributed by atoms with Gasteiger partial charge in [-0.25, -0.2) is 0 Å². The summed E-state index contributed by atoms with van der Waals surface area (Å²) in [6, 6.07) is 22.7. The Morgan fingerprint density at radius 1 is 0.650 bits per heavy atom. The maximum absolute atomic E-state index is 12.6. The van der Waals surface area contributed by atoms with E-state index in [9.17, 15) is 9.59 Å². The number of aromatic nitrogens is 2. The molecule has 0 saturated carbocycles. The molecule has 0 aliphatic rings. The van der Waals surface area contributed by atoms with Crippen LogP contribution in [0, 0.1) is 0 Å². The Hall–Kier alpha value is -4.54. The largest absolute Gasteiger partial charge is 0.467 e. The second-order valence-corrected chi connectivity index (χ2v) is 11.0. The minimum Gasteiger partial charge on any atom is -0.467 e. The quantitative estimate of drug-likeness (QED) is 0.188. The molecule has 2 aromatic carbocycles. The van der Waals surface area contributed by atoms with E-state index in [1.165, 1.54) is 0 Å². The summed E-state index contributed by atoms with van der Waals surface area (Å²) in [5.41, 5.74) is 2.59. The summed E-state index contributed by atoms with van der Waals surface area (Å²) >= 11 is 0. The molecule has 0 atom stereocenters. The number of carbonyl (C=O) groups is 2. The molecule has 0 spiro atoms. The van der Waals surface area contributed by atoms with Gasteiger partial charge in [-0.3, -0.25) is 19.6 Å². The second-order valence-electron chi connectivity index (χ2n) is 8.79. The number of amides is 2. The Balaban J connectivity index is 1.15. The lowest BCUT2D eigenvalue weighted by Gasteiger charge is -2.09. The Morgan fingerprint density at radius 2 is 1.12 bits per heavy atom. The standard InChI is InChI=1S/C30H22N4O4S2/c35-29(33-17-23-7-3-11-37-23)21-13-19-5-1-9-25(27(19)31-15-21)39-40-26-10-2-6-20-14-22(16-32-28(20)26)30(36)34-18-24-8-4-12-38-24/h1-16H,17-18H2,(H,33,35)(H,34,36). The topological polar surface area (TPSA) is 110 Å². The van der Waals surface area contributed by atoms with Crippen molar-refractivity contribution in [3.8, 4) is 0 Å². The average molecular weight is 567 g/mol. The van der Waals surface area contributed by atoms with Crippen molar-refractivity contribution >= 4 is 55.2 Å². The normalized spacial score (nSPS) is 11.1. The summed E-state index contributed by atoms with van der Waals surface area (Å²) in [5.74, 6) is 0.943. The van der Waals surface area contributed by atoms with E-state index >= 15 is 0 Å². The molecule has 198 valence electrons. The molecule has 6 aromatic rings. The highest BCUT2D eigenvalue weighted by Gasteiger charge is 2.13. The maximum Gasteiger partial charge on any atom is 0.253 e. The molecule has 2 N–H and O–H groups in total. The first kappa shape index (κ1) is 25.7. The van der Waals surface area contributed by atoms with Crippen LogP contribution in [0.5, 0.6) is 0 Å². The first-order valence-corrected chi connectivity index (χ1v) is 14.5. The average Bonchev–Trinajstić information content (AvgIpc) is 3.72. The van der Waals surface area contributed by atoms with Gasteiger partial charge in [-0.2, -0.15) is 0 Å². The van der Waals surface area contributed by atoms with Gasteiger partial charge in [-0.1, -0.05) is 45.9 Å². The number of hydrogen-bond donors (Lipinski definition) is 2. The Morgan fingerprint density at radius 3 is 1.55 bits per heavy atom. The summed E-state index contributed by atoms with van der Waals surface area (Å²) in [6.07, 6.45) is 6.33. The lowest BCUT2D eigenvalue weighted by molar-refractivity contribution is 0.0940. The number of benzene rings is 2. The summed E-state index contributed by atoms with van der Waals surface area (Å²) in [7, 11) is 3.14. The van der Waals surface area contributed by atoms with Gasteiger partial charge < -0.3 is 19.5 Å². The highest BCUT2D eigenvalue weighted by Crippen LogP contribution is 2.42. The molecular formula is C30H22N4O4S2. The monoisotopic (exact) mass is 566 g/mol. The van der Waals surface area contributed by atoms with Crippen LogP contribution in [0.2, 0.25) is 0 Å². The number of nitrogens with one attached hydrogen (secondary N) is 2. The van der Waals surface area contributed by atoms with Gasteiger partial charge in [-0.15, -0.1) is 0 Å². The van der Waals surface area contributed by atoms with Crippen LogP contribution in [0.15, 0.2) is 116 Å². The van der Waals surface area contributed by atoms with E-state index in [0.29, 0.717) is 35.7 Å². The van der Waals surface area contributed by atoms with Crippen molar-refractivity contribution in [1.29, 1.82) is 0 Å². The molecule has 2 amide bonds. The Kier molecular flexibility index (Phi) is 7.51. The van der Waals surface area contributed by atoms with Crippen LogP contribution < -0.4 is 10.6 Å². The van der Waals surface area contributed by atoms with Crippen molar-refractivity contribution in [3.05, 3.63) is 120 Å². The van der Waals surface area contributed by atoms with Gasteiger partial charge in [0.25, 0.3) is 11.8 Å². The van der Waals surface area contributed by atoms with E-state index in [1.807, 2.05) is 60.7 Å². The van der Waals surface area contributed by atoms with Gasteiger partial charge >= 0.3 is 0 Å². The van der Waals surface area contributed by atoms with E-state index in [0.717, 1.165) is 31.6 Å². The van der Waals surface area contributed by atoms with Crippen molar-refractivity contribution in [2.24, 2.45) is 0 Å². The molecule has 0 aliphatic carbocycles. The molecule has 6 rings (SSSR count). The zero-order valence-electron chi connectivity index (χ0n) is 21.0. The van der Waals surface area contributed by atoms with Gasteiger partial charge in [0.15, 0.2) is 0 Å². The van der Waals surface area contributed by atoms with Crippen molar-refractivity contribution in [2.45, 2.75) is 22.9 Å². The van der Waals surface area contributed by atoms with Gasteiger partial charge in [0.1, 0.15) is 11.5 Å². The lowest BCUT2D eigenvalue weighted by Crippen LogP contribution is -2.22. The van der Waals surface area contributed by atoms with E-state index < -0.39 is 0 Å². The number of rotatable bonds is 9. The van der Waals surface area contributed by atoms with Crippen LogP contribution in [0.4, 0.5) is 0 Å². The van der Waals surface area contributed by atoms with Crippen LogP contribution in [-0.4, -0.2) is 21.8 Å². The fourth-order valence-corrected chi connectivity index (χ4v) is 6.40. The second kappa shape index (κ2) is 11.7. The SMILES string of the molecule is O=C(NCc1ccco1)c1cnc2c(SSc3cccc4cc(C(=O)NCc5ccco5)cnc34)cccc2c1. The van der Waals surface area contributed by atoms with Gasteiger partial charge in [-0.05, 0) is 48.5 Å². The van der Waals surface area contributed by atoms with Crippen LogP contribution in [-0.2, 0) is 13.1 Å². The fraction of sp³-hybridized carbons (Fsp3) is 0.0667. The summed E-state index contributed by atoms with van der Waals surface area (Å²) < 4.78 is 10.5. The first-order chi connectivity index (χ1) is 19.6. The molecule has 0 fully saturated rings. The number of hydrogen-bond acceptors (Lipinski definition) is 8. The first-order valence-electron chi connectivity index (χ1n) is 12.4. The maximum atomic E-state index is 12.6. The molecule has 40 heavy (non-hydrogen) atoms. The van der Waals surface area contributed by atoms with E-state index in [2.05, 4.69) is 20.6 Å². The fourth-order valence-electron chi connectivity index (χ4n) is 4.10. The number of carbonyl (C=O) groups excluding carboxylic acids is 2. The summed E-state index contributed by atoms with van der Waals surface area (Å²) in [6.45, 7) is 0.624. The number of nitrogens with zero attached hydrogens (tertiary/aromatic N) is 2. The highest BCUT2D eigenvalue weighted by molar-refractivity contribution is 8.76. The van der Waals surface area contributed by atoms with Crippen molar-refractivity contribution in [2.75, 3.05) is 0 Å². The zero-order valence-corrected chi connectivity index (χ0v) is 22.6. The number of fused-ring (bicyclic) bond motifs is 2. The zero-order chi connectivity index (χ0) is 27.3. The predicted molar refractivity (Wildman–Crippen MR) is 155 cm³/mol. The Bertz CT molecular complexity index is 1670. The molecule has 0 saturated heterocycles. The summed E-state index contributed by atoms with van der Waals surface area (Å²) in [4.78, 5) is 36.4. The number of furan rings is 2. The van der Waals surface area contributed by atoms with Gasteiger partial charge in [0.2, 0.25) is 0 Å². The third-order valence-corrected chi connectivity index (χ3v) is 8.53. The lowest BCUT2D eigenvalue weighted by atomic mass is 10.1. The van der Waals surface area contributed by atoms with E-state index in [-0.39, 0.29) is 11.8 Å². The van der Waals surface area contributed by atoms with Crippen LogP contribution in [0.25, 0.3) is 21.8 Å². The van der Waals surface area contributed by atoms with E-state index in [1.54, 1.807) is 58.6 Å². The third kappa shape index (κ3) is 5.73. The molecule has 0 bridgehead atoms. The van der Waals surface area contributed by atoms with Gasteiger partial charge in [0.05, 0.1) is 47.8 Å². The molecule has 0 unspecified atom stereocenters. The minimum atomic E-state index is -0.214. The molecule has 0 radical (unpaired) electrons. The molecule has 10 heteroatoms.